The van der Waals surface area contributed by atoms with Crippen molar-refractivity contribution in [3.8, 4) is 0 Å². The molecular weight excluding hydrogens is 200 g/mol. The summed E-state index contributed by atoms with van der Waals surface area (Å²) in [6.45, 7) is 2.02. The quantitative estimate of drug-likeness (QED) is 0.828. The molecule has 2 atom stereocenters. The zero-order valence-electron chi connectivity index (χ0n) is 9.65. The van der Waals surface area contributed by atoms with Crippen LogP contribution in [-0.2, 0) is 4.79 Å². The van der Waals surface area contributed by atoms with Gasteiger partial charge in [0.15, 0.2) is 0 Å². The Labute approximate surface area is 96.3 Å². The summed E-state index contributed by atoms with van der Waals surface area (Å²) < 4.78 is 0. The van der Waals surface area contributed by atoms with Gasteiger partial charge in [0.1, 0.15) is 5.78 Å². The van der Waals surface area contributed by atoms with E-state index in [0.717, 1.165) is 24.8 Å². The predicted molar refractivity (Wildman–Crippen MR) is 63.1 cm³/mol. The fourth-order valence-corrected chi connectivity index (χ4v) is 2.34. The molecule has 2 unspecified atom stereocenters. The number of carbonyl (C=O) groups is 1. The van der Waals surface area contributed by atoms with Gasteiger partial charge in [0.05, 0.1) is 6.10 Å². The maximum atomic E-state index is 11.7. The molecule has 1 aromatic carbocycles. The molecule has 2 nitrogen and oxygen atoms in total. The van der Waals surface area contributed by atoms with Crippen LogP contribution < -0.4 is 0 Å². The zero-order chi connectivity index (χ0) is 11.5. The van der Waals surface area contributed by atoms with Crippen molar-refractivity contribution in [2.24, 2.45) is 5.92 Å². The lowest BCUT2D eigenvalue weighted by Crippen LogP contribution is -2.25. The molecule has 2 heteroatoms. The van der Waals surface area contributed by atoms with Crippen LogP contribution in [0.2, 0.25) is 0 Å². The Kier molecular flexibility index (Phi) is 3.39. The topological polar surface area (TPSA) is 37.3 Å². The predicted octanol–water partition coefficient (Wildman–Crippen LogP) is 2.79. The number of ketones is 1. The molecule has 16 heavy (non-hydrogen) atoms. The summed E-state index contributed by atoms with van der Waals surface area (Å²) in [5, 5.41) is 10.2. The fourth-order valence-electron chi connectivity index (χ4n) is 2.34. The lowest BCUT2D eigenvalue weighted by Gasteiger charge is -2.25. The van der Waals surface area contributed by atoms with Gasteiger partial charge in [0, 0.05) is 12.3 Å². The van der Waals surface area contributed by atoms with E-state index in [1.54, 1.807) is 0 Å². The highest BCUT2D eigenvalue weighted by Gasteiger charge is 2.29. The largest absolute Gasteiger partial charge is 0.388 e. The van der Waals surface area contributed by atoms with E-state index in [1.165, 1.54) is 5.56 Å². The third-order valence-electron chi connectivity index (χ3n) is 3.40. The van der Waals surface area contributed by atoms with Gasteiger partial charge >= 0.3 is 0 Å². The molecule has 1 aliphatic rings. The molecule has 0 aliphatic heterocycles. The molecule has 0 heterocycles. The van der Waals surface area contributed by atoms with Crippen LogP contribution >= 0.6 is 0 Å². The molecule has 86 valence electrons. The monoisotopic (exact) mass is 218 g/mol. The van der Waals surface area contributed by atoms with E-state index < -0.39 is 6.10 Å². The highest BCUT2D eigenvalue weighted by atomic mass is 16.3. The SMILES string of the molecule is Cc1ccc(C(O)C2CCCCC2=O)cc1. The highest BCUT2D eigenvalue weighted by molar-refractivity contribution is 5.82. The number of aliphatic hydroxyl groups excluding tert-OH is 1. The van der Waals surface area contributed by atoms with Gasteiger partial charge in [-0.05, 0) is 25.3 Å². The summed E-state index contributed by atoms with van der Waals surface area (Å²) in [6.07, 6.45) is 2.88. The minimum absolute atomic E-state index is 0.184. The molecule has 0 spiro atoms. The molecule has 2 rings (SSSR count). The Morgan fingerprint density at radius 3 is 2.56 bits per heavy atom. The van der Waals surface area contributed by atoms with Crippen LogP contribution in [0.3, 0.4) is 0 Å². The highest BCUT2D eigenvalue weighted by Crippen LogP contribution is 2.32. The standard InChI is InChI=1S/C14H18O2/c1-10-6-8-11(9-7-10)14(16)12-4-2-3-5-13(12)15/h6-9,12,14,16H,2-5H2,1H3. The Bertz CT molecular complexity index is 367. The summed E-state index contributed by atoms with van der Waals surface area (Å²) in [7, 11) is 0. The summed E-state index contributed by atoms with van der Waals surface area (Å²) in [5.74, 6) is 0.0378. The first kappa shape index (κ1) is 11.3. The summed E-state index contributed by atoms with van der Waals surface area (Å²) >= 11 is 0. The van der Waals surface area contributed by atoms with Crippen LogP contribution in [0.15, 0.2) is 24.3 Å². The second-order valence-electron chi connectivity index (χ2n) is 4.67. The van der Waals surface area contributed by atoms with Gasteiger partial charge in [-0.1, -0.05) is 36.2 Å². The Balaban J connectivity index is 2.14. The van der Waals surface area contributed by atoms with Crippen molar-refractivity contribution in [2.45, 2.75) is 38.7 Å². The Morgan fingerprint density at radius 1 is 1.25 bits per heavy atom. The van der Waals surface area contributed by atoms with Crippen molar-refractivity contribution in [1.29, 1.82) is 0 Å². The van der Waals surface area contributed by atoms with E-state index in [9.17, 15) is 9.90 Å². The normalized spacial score (nSPS) is 23.1. The van der Waals surface area contributed by atoms with E-state index in [1.807, 2.05) is 31.2 Å². The smallest absolute Gasteiger partial charge is 0.138 e. The van der Waals surface area contributed by atoms with Gasteiger partial charge in [0.25, 0.3) is 0 Å². The Hall–Kier alpha value is -1.15. The number of aliphatic hydroxyl groups is 1. The maximum absolute atomic E-state index is 11.7. The van der Waals surface area contributed by atoms with Crippen LogP contribution in [0, 0.1) is 12.8 Å². The number of carbonyl (C=O) groups excluding carboxylic acids is 1. The molecule has 0 amide bonds. The van der Waals surface area contributed by atoms with Gasteiger partial charge in [-0.2, -0.15) is 0 Å². The van der Waals surface area contributed by atoms with Crippen LogP contribution in [-0.4, -0.2) is 10.9 Å². The minimum Gasteiger partial charge on any atom is -0.388 e. The van der Waals surface area contributed by atoms with Gasteiger partial charge in [-0.25, -0.2) is 0 Å². The van der Waals surface area contributed by atoms with Crippen LogP contribution in [0.5, 0.6) is 0 Å². The molecule has 0 saturated heterocycles. The number of Topliss-reactive ketones (excluding diaryl/α,β-unsaturated/α-hetero) is 1. The average molecular weight is 218 g/mol. The van der Waals surface area contributed by atoms with Crippen molar-refractivity contribution in [3.63, 3.8) is 0 Å². The van der Waals surface area contributed by atoms with Gasteiger partial charge in [-0.15, -0.1) is 0 Å². The average Bonchev–Trinajstić information content (AvgIpc) is 2.30. The third kappa shape index (κ3) is 2.33. The number of benzene rings is 1. The van der Waals surface area contributed by atoms with E-state index in [0.29, 0.717) is 6.42 Å². The molecular formula is C14H18O2. The van der Waals surface area contributed by atoms with E-state index in [-0.39, 0.29) is 11.7 Å². The summed E-state index contributed by atoms with van der Waals surface area (Å²) in [6, 6.07) is 7.79. The third-order valence-corrected chi connectivity index (χ3v) is 3.40. The lowest BCUT2D eigenvalue weighted by atomic mass is 9.81. The first-order valence-corrected chi connectivity index (χ1v) is 5.96. The second kappa shape index (κ2) is 4.79. The lowest BCUT2D eigenvalue weighted by molar-refractivity contribution is -0.128. The fraction of sp³-hybridized carbons (Fsp3) is 0.500. The maximum Gasteiger partial charge on any atom is 0.138 e. The molecule has 1 aromatic rings. The molecule has 0 aromatic heterocycles. The van der Waals surface area contributed by atoms with Crippen molar-refractivity contribution in [3.05, 3.63) is 35.4 Å². The molecule has 0 radical (unpaired) electrons. The van der Waals surface area contributed by atoms with Crippen molar-refractivity contribution in [2.75, 3.05) is 0 Å². The molecule has 1 aliphatic carbocycles. The zero-order valence-corrected chi connectivity index (χ0v) is 9.65. The number of rotatable bonds is 2. The summed E-state index contributed by atoms with van der Waals surface area (Å²) in [4.78, 5) is 11.7. The van der Waals surface area contributed by atoms with Crippen LogP contribution in [0.4, 0.5) is 0 Å². The van der Waals surface area contributed by atoms with Crippen molar-refractivity contribution >= 4 is 5.78 Å². The first-order chi connectivity index (χ1) is 7.68. The summed E-state index contributed by atoms with van der Waals surface area (Å²) in [5.41, 5.74) is 2.04. The van der Waals surface area contributed by atoms with E-state index >= 15 is 0 Å². The van der Waals surface area contributed by atoms with E-state index in [2.05, 4.69) is 0 Å². The van der Waals surface area contributed by atoms with E-state index in [4.69, 9.17) is 0 Å². The molecule has 1 N–H and O–H groups in total. The van der Waals surface area contributed by atoms with Crippen molar-refractivity contribution < 1.29 is 9.90 Å². The minimum atomic E-state index is -0.617. The van der Waals surface area contributed by atoms with Gasteiger partial charge in [-0.3, -0.25) is 4.79 Å². The molecule has 1 saturated carbocycles. The van der Waals surface area contributed by atoms with Gasteiger partial charge in [0.2, 0.25) is 0 Å². The number of aryl methyl sites for hydroxylation is 1. The Morgan fingerprint density at radius 2 is 1.94 bits per heavy atom. The second-order valence-corrected chi connectivity index (χ2v) is 4.67. The number of hydrogen-bond acceptors (Lipinski definition) is 2. The van der Waals surface area contributed by atoms with Crippen LogP contribution in [0.25, 0.3) is 0 Å². The molecule has 0 bridgehead atoms. The first-order valence-electron chi connectivity index (χ1n) is 5.96. The number of hydrogen-bond donors (Lipinski definition) is 1. The molecule has 1 fully saturated rings. The van der Waals surface area contributed by atoms with Crippen LogP contribution in [0.1, 0.15) is 42.9 Å². The van der Waals surface area contributed by atoms with Gasteiger partial charge < -0.3 is 5.11 Å². The van der Waals surface area contributed by atoms with Crippen molar-refractivity contribution in [1.82, 2.24) is 0 Å².